The first-order valence-electron chi connectivity index (χ1n) is 10.1. The van der Waals surface area contributed by atoms with Crippen LogP contribution in [0, 0.1) is 11.3 Å². The number of carbonyl (C=O) groups is 2. The zero-order valence-electron chi connectivity index (χ0n) is 17.2. The fraction of sp³-hybridized carbons (Fsp3) is 0.905. The lowest BCUT2D eigenvalue weighted by Gasteiger charge is -2.22. The van der Waals surface area contributed by atoms with E-state index in [9.17, 15) is 9.59 Å². The monoisotopic (exact) mass is 356 g/mol. The van der Waals surface area contributed by atoms with E-state index in [1.165, 1.54) is 32.1 Å². The standard InChI is InChI=1S/C21H40O4/c1-6-7-8-9-10-11-12-15-24-19(22)13-14-20(23)25-17-18(2)16-21(3,4)5/h18H,6-17H2,1-5H3. The Morgan fingerprint density at radius 3 is 1.92 bits per heavy atom. The van der Waals surface area contributed by atoms with E-state index in [1.54, 1.807) is 0 Å². The van der Waals surface area contributed by atoms with Crippen molar-refractivity contribution < 1.29 is 19.1 Å². The number of unbranched alkanes of at least 4 members (excludes halogenated alkanes) is 6. The average Bonchev–Trinajstić information content (AvgIpc) is 2.52. The Labute approximate surface area is 155 Å². The molecule has 0 bridgehead atoms. The Morgan fingerprint density at radius 2 is 1.36 bits per heavy atom. The van der Waals surface area contributed by atoms with Crippen molar-refractivity contribution in [3.8, 4) is 0 Å². The number of hydrogen-bond donors (Lipinski definition) is 0. The van der Waals surface area contributed by atoms with E-state index in [1.807, 2.05) is 0 Å². The molecule has 0 radical (unpaired) electrons. The first kappa shape index (κ1) is 23.9. The van der Waals surface area contributed by atoms with E-state index < -0.39 is 0 Å². The quantitative estimate of drug-likeness (QED) is 0.297. The molecule has 1 unspecified atom stereocenters. The van der Waals surface area contributed by atoms with Crippen molar-refractivity contribution >= 4 is 11.9 Å². The van der Waals surface area contributed by atoms with Crippen LogP contribution in [0.5, 0.6) is 0 Å². The van der Waals surface area contributed by atoms with Crippen LogP contribution in [0.1, 0.15) is 98.8 Å². The maximum absolute atomic E-state index is 11.7. The van der Waals surface area contributed by atoms with Gasteiger partial charge >= 0.3 is 11.9 Å². The minimum absolute atomic E-state index is 0.109. The molecule has 0 saturated carbocycles. The fourth-order valence-electron chi connectivity index (χ4n) is 2.93. The highest BCUT2D eigenvalue weighted by molar-refractivity contribution is 5.77. The van der Waals surface area contributed by atoms with Crippen LogP contribution >= 0.6 is 0 Å². The number of esters is 2. The van der Waals surface area contributed by atoms with E-state index in [2.05, 4.69) is 34.6 Å². The highest BCUT2D eigenvalue weighted by atomic mass is 16.5. The number of rotatable bonds is 14. The van der Waals surface area contributed by atoms with Crippen molar-refractivity contribution in [2.75, 3.05) is 13.2 Å². The Morgan fingerprint density at radius 1 is 0.840 bits per heavy atom. The van der Waals surface area contributed by atoms with Gasteiger partial charge in [-0.3, -0.25) is 9.59 Å². The Hall–Kier alpha value is -1.06. The van der Waals surface area contributed by atoms with Crippen molar-refractivity contribution in [1.82, 2.24) is 0 Å². The molecule has 0 amide bonds. The van der Waals surface area contributed by atoms with E-state index in [-0.39, 0.29) is 30.2 Å². The third-order valence-electron chi connectivity index (χ3n) is 4.03. The number of carbonyl (C=O) groups excluding carboxylic acids is 2. The molecule has 0 fully saturated rings. The predicted molar refractivity (Wildman–Crippen MR) is 102 cm³/mol. The molecule has 0 aliphatic rings. The molecule has 148 valence electrons. The average molecular weight is 357 g/mol. The second-order valence-corrected chi connectivity index (χ2v) is 8.39. The zero-order valence-corrected chi connectivity index (χ0v) is 17.2. The summed E-state index contributed by atoms with van der Waals surface area (Å²) in [4.78, 5) is 23.3. The van der Waals surface area contributed by atoms with Crippen LogP contribution in [0.3, 0.4) is 0 Å². The maximum atomic E-state index is 11.7. The van der Waals surface area contributed by atoms with E-state index >= 15 is 0 Å². The predicted octanol–water partition coefficient (Wildman–Crippen LogP) is 5.68. The summed E-state index contributed by atoms with van der Waals surface area (Å²) in [6, 6.07) is 0. The summed E-state index contributed by atoms with van der Waals surface area (Å²) in [6.07, 6.45) is 9.57. The van der Waals surface area contributed by atoms with E-state index in [4.69, 9.17) is 9.47 Å². The summed E-state index contributed by atoms with van der Waals surface area (Å²) in [5, 5.41) is 0. The van der Waals surface area contributed by atoms with Crippen molar-refractivity contribution in [3.05, 3.63) is 0 Å². The third-order valence-corrected chi connectivity index (χ3v) is 4.03. The van der Waals surface area contributed by atoms with Gasteiger partial charge in [-0.1, -0.05) is 73.1 Å². The molecule has 4 heteroatoms. The zero-order chi connectivity index (χ0) is 19.1. The molecule has 25 heavy (non-hydrogen) atoms. The summed E-state index contributed by atoms with van der Waals surface area (Å²) in [5.41, 5.74) is 0.228. The van der Waals surface area contributed by atoms with Gasteiger partial charge in [0, 0.05) is 0 Å². The fourth-order valence-corrected chi connectivity index (χ4v) is 2.93. The van der Waals surface area contributed by atoms with Gasteiger partial charge < -0.3 is 9.47 Å². The van der Waals surface area contributed by atoms with Crippen molar-refractivity contribution in [2.45, 2.75) is 98.8 Å². The van der Waals surface area contributed by atoms with Gasteiger partial charge in [-0.25, -0.2) is 0 Å². The Balaban J connectivity index is 3.56. The van der Waals surface area contributed by atoms with Gasteiger partial charge in [0.2, 0.25) is 0 Å². The molecule has 0 N–H and O–H groups in total. The molecular weight excluding hydrogens is 316 g/mol. The van der Waals surface area contributed by atoms with Crippen LogP contribution in [-0.2, 0) is 19.1 Å². The summed E-state index contributed by atoms with van der Waals surface area (Å²) in [6.45, 7) is 11.7. The SMILES string of the molecule is CCCCCCCCCOC(=O)CCC(=O)OCC(C)CC(C)(C)C. The second kappa shape index (κ2) is 14.1. The lowest BCUT2D eigenvalue weighted by Crippen LogP contribution is -2.18. The molecule has 0 saturated heterocycles. The molecule has 0 aliphatic heterocycles. The van der Waals surface area contributed by atoms with Crippen LogP contribution in [-0.4, -0.2) is 25.2 Å². The molecule has 0 heterocycles. The molecule has 0 spiro atoms. The van der Waals surface area contributed by atoms with Gasteiger partial charge in [-0.05, 0) is 24.2 Å². The van der Waals surface area contributed by atoms with E-state index in [0.29, 0.717) is 19.1 Å². The minimum atomic E-state index is -0.311. The van der Waals surface area contributed by atoms with Gasteiger partial charge in [0.25, 0.3) is 0 Å². The lowest BCUT2D eigenvalue weighted by molar-refractivity contribution is -0.151. The molecule has 0 aromatic carbocycles. The van der Waals surface area contributed by atoms with Gasteiger partial charge in [0.05, 0.1) is 26.1 Å². The van der Waals surface area contributed by atoms with E-state index in [0.717, 1.165) is 19.3 Å². The topological polar surface area (TPSA) is 52.6 Å². The second-order valence-electron chi connectivity index (χ2n) is 8.39. The molecule has 0 aromatic rings. The van der Waals surface area contributed by atoms with Crippen molar-refractivity contribution in [3.63, 3.8) is 0 Å². The van der Waals surface area contributed by atoms with Gasteiger partial charge in [-0.2, -0.15) is 0 Å². The molecule has 0 aromatic heterocycles. The molecule has 4 nitrogen and oxygen atoms in total. The van der Waals surface area contributed by atoms with Gasteiger partial charge in [0.15, 0.2) is 0 Å². The smallest absolute Gasteiger partial charge is 0.306 e. The summed E-state index contributed by atoms with van der Waals surface area (Å²) in [7, 11) is 0. The van der Waals surface area contributed by atoms with Crippen LogP contribution in [0.25, 0.3) is 0 Å². The summed E-state index contributed by atoms with van der Waals surface area (Å²) >= 11 is 0. The third kappa shape index (κ3) is 17.6. The molecular formula is C21H40O4. The number of hydrogen-bond acceptors (Lipinski definition) is 4. The van der Waals surface area contributed by atoms with Crippen molar-refractivity contribution in [1.29, 1.82) is 0 Å². The van der Waals surface area contributed by atoms with Gasteiger partial charge in [-0.15, -0.1) is 0 Å². The lowest BCUT2D eigenvalue weighted by atomic mass is 9.86. The minimum Gasteiger partial charge on any atom is -0.466 e. The van der Waals surface area contributed by atoms with Crippen LogP contribution in [0.2, 0.25) is 0 Å². The Bertz CT molecular complexity index is 357. The van der Waals surface area contributed by atoms with Gasteiger partial charge in [0.1, 0.15) is 0 Å². The van der Waals surface area contributed by atoms with Crippen LogP contribution in [0.15, 0.2) is 0 Å². The highest BCUT2D eigenvalue weighted by Crippen LogP contribution is 2.24. The van der Waals surface area contributed by atoms with Crippen LogP contribution in [0.4, 0.5) is 0 Å². The normalized spacial score (nSPS) is 12.7. The first-order chi connectivity index (χ1) is 11.7. The molecule has 0 aliphatic carbocycles. The summed E-state index contributed by atoms with van der Waals surface area (Å²) in [5.74, 6) is -0.285. The van der Waals surface area contributed by atoms with Crippen LogP contribution < -0.4 is 0 Å². The maximum Gasteiger partial charge on any atom is 0.306 e. The highest BCUT2D eigenvalue weighted by Gasteiger charge is 2.17. The molecule has 0 rings (SSSR count). The largest absolute Gasteiger partial charge is 0.466 e. The number of ether oxygens (including phenoxy) is 2. The first-order valence-corrected chi connectivity index (χ1v) is 10.1. The summed E-state index contributed by atoms with van der Waals surface area (Å²) < 4.78 is 10.4. The molecule has 1 atom stereocenters. The Kier molecular flexibility index (Phi) is 13.5. The van der Waals surface area contributed by atoms with Crippen molar-refractivity contribution in [2.24, 2.45) is 11.3 Å².